The molecular formula is C7H13FO. The molecule has 0 heterocycles. The molecule has 1 nitrogen and oxygen atoms in total. The second-order valence-electron chi connectivity index (χ2n) is 3.31. The van der Waals surface area contributed by atoms with Gasteiger partial charge in [0.2, 0.25) is 0 Å². The predicted molar refractivity (Wildman–Crippen MR) is 33.9 cm³/mol. The monoisotopic (exact) mass is 132 g/mol. The fourth-order valence-corrected chi connectivity index (χ4v) is 1.39. The van der Waals surface area contributed by atoms with E-state index in [-0.39, 0.29) is 12.0 Å². The summed E-state index contributed by atoms with van der Waals surface area (Å²) in [5, 5.41) is 8.78. The Kier molecular flexibility index (Phi) is 1.75. The highest BCUT2D eigenvalue weighted by Crippen LogP contribution is 2.38. The first-order valence-corrected chi connectivity index (χ1v) is 3.41. The van der Waals surface area contributed by atoms with E-state index in [1.807, 2.05) is 6.92 Å². The lowest BCUT2D eigenvalue weighted by Gasteiger charge is -2.18. The van der Waals surface area contributed by atoms with Gasteiger partial charge in [0.1, 0.15) is 6.17 Å². The van der Waals surface area contributed by atoms with E-state index in [0.29, 0.717) is 12.8 Å². The zero-order chi connectivity index (χ0) is 6.91. The number of aliphatic hydroxyl groups excluding tert-OH is 1. The van der Waals surface area contributed by atoms with Gasteiger partial charge >= 0.3 is 0 Å². The van der Waals surface area contributed by atoms with Gasteiger partial charge in [-0.05, 0) is 24.7 Å². The van der Waals surface area contributed by atoms with Gasteiger partial charge in [-0.15, -0.1) is 0 Å². The number of alkyl halides is 1. The SMILES string of the molecule is CC1(CO)CCC(F)C1. The van der Waals surface area contributed by atoms with E-state index in [9.17, 15) is 4.39 Å². The van der Waals surface area contributed by atoms with Crippen LogP contribution >= 0.6 is 0 Å². The lowest BCUT2D eigenvalue weighted by molar-refractivity contribution is 0.139. The maximum Gasteiger partial charge on any atom is 0.101 e. The highest BCUT2D eigenvalue weighted by Gasteiger charge is 2.34. The highest BCUT2D eigenvalue weighted by molar-refractivity contribution is 4.84. The average Bonchev–Trinajstić information content (AvgIpc) is 2.13. The largest absolute Gasteiger partial charge is 0.396 e. The Morgan fingerprint density at radius 3 is 2.67 bits per heavy atom. The second-order valence-corrected chi connectivity index (χ2v) is 3.31. The Morgan fingerprint density at radius 2 is 2.44 bits per heavy atom. The van der Waals surface area contributed by atoms with Crippen molar-refractivity contribution in [2.24, 2.45) is 5.41 Å². The van der Waals surface area contributed by atoms with Crippen LogP contribution < -0.4 is 0 Å². The van der Waals surface area contributed by atoms with Crippen molar-refractivity contribution in [1.82, 2.24) is 0 Å². The van der Waals surface area contributed by atoms with Gasteiger partial charge in [-0.1, -0.05) is 6.92 Å². The first-order chi connectivity index (χ1) is 4.16. The smallest absolute Gasteiger partial charge is 0.101 e. The molecule has 9 heavy (non-hydrogen) atoms. The molecule has 1 fully saturated rings. The van der Waals surface area contributed by atoms with Crippen molar-refractivity contribution in [3.63, 3.8) is 0 Å². The molecule has 0 radical (unpaired) electrons. The molecule has 1 saturated carbocycles. The molecule has 2 heteroatoms. The van der Waals surface area contributed by atoms with E-state index >= 15 is 0 Å². The summed E-state index contributed by atoms with van der Waals surface area (Å²) in [4.78, 5) is 0. The zero-order valence-electron chi connectivity index (χ0n) is 5.73. The molecule has 0 amide bonds. The molecule has 0 aromatic heterocycles. The Bertz CT molecular complexity index is 105. The van der Waals surface area contributed by atoms with E-state index in [4.69, 9.17) is 5.11 Å². The molecule has 0 saturated heterocycles. The van der Waals surface area contributed by atoms with Gasteiger partial charge in [0.15, 0.2) is 0 Å². The number of halogens is 1. The van der Waals surface area contributed by atoms with Crippen molar-refractivity contribution >= 4 is 0 Å². The van der Waals surface area contributed by atoms with E-state index in [1.165, 1.54) is 0 Å². The van der Waals surface area contributed by atoms with Crippen LogP contribution in [0.4, 0.5) is 4.39 Å². The van der Waals surface area contributed by atoms with Crippen LogP contribution in [0.25, 0.3) is 0 Å². The minimum atomic E-state index is -0.665. The maximum absolute atomic E-state index is 12.5. The van der Waals surface area contributed by atoms with Crippen molar-refractivity contribution in [3.05, 3.63) is 0 Å². The summed E-state index contributed by atoms with van der Waals surface area (Å²) in [5.41, 5.74) is -0.112. The van der Waals surface area contributed by atoms with Crippen LogP contribution in [-0.4, -0.2) is 17.9 Å². The molecule has 54 valence electrons. The summed E-state index contributed by atoms with van der Waals surface area (Å²) in [7, 11) is 0. The molecule has 1 aliphatic rings. The van der Waals surface area contributed by atoms with Gasteiger partial charge in [0.25, 0.3) is 0 Å². The Hall–Kier alpha value is -0.110. The Morgan fingerprint density at radius 1 is 1.78 bits per heavy atom. The molecular weight excluding hydrogens is 119 g/mol. The van der Waals surface area contributed by atoms with E-state index in [1.54, 1.807) is 0 Å². The van der Waals surface area contributed by atoms with E-state index < -0.39 is 6.17 Å². The summed E-state index contributed by atoms with van der Waals surface area (Å²) in [6.45, 7) is 2.07. The average molecular weight is 132 g/mol. The second kappa shape index (κ2) is 2.25. The fraction of sp³-hybridized carbons (Fsp3) is 1.00. The first-order valence-electron chi connectivity index (χ1n) is 3.41. The number of hydrogen-bond acceptors (Lipinski definition) is 1. The van der Waals surface area contributed by atoms with E-state index in [0.717, 1.165) is 6.42 Å². The molecule has 0 aliphatic heterocycles. The molecule has 1 rings (SSSR count). The third-order valence-corrected chi connectivity index (χ3v) is 2.16. The lowest BCUT2D eigenvalue weighted by atomic mass is 9.90. The van der Waals surface area contributed by atoms with Crippen molar-refractivity contribution < 1.29 is 9.50 Å². The Labute approximate surface area is 54.9 Å². The lowest BCUT2D eigenvalue weighted by Crippen LogP contribution is -2.16. The molecule has 0 bridgehead atoms. The van der Waals surface area contributed by atoms with Crippen LogP contribution in [0.3, 0.4) is 0 Å². The normalized spacial score (nSPS) is 43.7. The van der Waals surface area contributed by atoms with Crippen LogP contribution in [0, 0.1) is 5.41 Å². The summed E-state index contributed by atoms with van der Waals surface area (Å²) in [6.07, 6.45) is 1.35. The van der Waals surface area contributed by atoms with Crippen LogP contribution in [0.5, 0.6) is 0 Å². The van der Waals surface area contributed by atoms with Crippen LogP contribution in [0.1, 0.15) is 26.2 Å². The number of aliphatic hydroxyl groups is 1. The van der Waals surface area contributed by atoms with Crippen molar-refractivity contribution in [2.45, 2.75) is 32.4 Å². The molecule has 2 atom stereocenters. The van der Waals surface area contributed by atoms with Crippen LogP contribution in [0.15, 0.2) is 0 Å². The molecule has 0 spiro atoms. The predicted octanol–water partition coefficient (Wildman–Crippen LogP) is 1.51. The standard InChI is InChI=1S/C7H13FO/c1-7(5-9)3-2-6(8)4-7/h6,9H,2-5H2,1H3. The minimum Gasteiger partial charge on any atom is -0.396 e. The third-order valence-electron chi connectivity index (χ3n) is 2.16. The molecule has 0 aromatic carbocycles. The van der Waals surface area contributed by atoms with Crippen LogP contribution in [-0.2, 0) is 0 Å². The summed E-state index contributed by atoms with van der Waals surface area (Å²) in [6, 6.07) is 0. The van der Waals surface area contributed by atoms with Gasteiger partial charge in [0, 0.05) is 6.61 Å². The summed E-state index contributed by atoms with van der Waals surface area (Å²) in [5.74, 6) is 0. The minimum absolute atomic E-state index is 0.112. The molecule has 0 aromatic rings. The highest BCUT2D eigenvalue weighted by atomic mass is 19.1. The van der Waals surface area contributed by atoms with Crippen molar-refractivity contribution in [3.8, 4) is 0 Å². The topological polar surface area (TPSA) is 20.2 Å². The molecule has 1 aliphatic carbocycles. The Balaban J connectivity index is 2.45. The summed E-state index contributed by atoms with van der Waals surface area (Å²) < 4.78 is 12.5. The van der Waals surface area contributed by atoms with Crippen molar-refractivity contribution in [1.29, 1.82) is 0 Å². The fourth-order valence-electron chi connectivity index (χ4n) is 1.39. The van der Waals surface area contributed by atoms with Gasteiger partial charge < -0.3 is 5.11 Å². The molecule has 2 unspecified atom stereocenters. The van der Waals surface area contributed by atoms with Crippen LogP contribution in [0.2, 0.25) is 0 Å². The van der Waals surface area contributed by atoms with Gasteiger partial charge in [0.05, 0.1) is 0 Å². The van der Waals surface area contributed by atoms with Crippen molar-refractivity contribution in [2.75, 3.05) is 6.61 Å². The first kappa shape index (κ1) is 7.00. The molecule has 1 N–H and O–H groups in total. The van der Waals surface area contributed by atoms with Gasteiger partial charge in [-0.3, -0.25) is 0 Å². The van der Waals surface area contributed by atoms with Gasteiger partial charge in [-0.2, -0.15) is 0 Å². The van der Waals surface area contributed by atoms with E-state index in [2.05, 4.69) is 0 Å². The van der Waals surface area contributed by atoms with Gasteiger partial charge in [-0.25, -0.2) is 4.39 Å². The number of hydrogen-bond donors (Lipinski definition) is 1. The maximum atomic E-state index is 12.5. The number of rotatable bonds is 1. The third kappa shape index (κ3) is 1.42. The zero-order valence-corrected chi connectivity index (χ0v) is 5.73. The quantitative estimate of drug-likeness (QED) is 0.573. The summed E-state index contributed by atoms with van der Waals surface area (Å²) >= 11 is 0.